The van der Waals surface area contributed by atoms with E-state index in [0.717, 1.165) is 19.3 Å². The average molecular weight is 453 g/mol. The van der Waals surface area contributed by atoms with Gasteiger partial charge in [-0.1, -0.05) is 154 Å². The van der Waals surface area contributed by atoms with Gasteiger partial charge in [-0.3, -0.25) is 0 Å². The summed E-state index contributed by atoms with van der Waals surface area (Å²) in [6, 6.07) is 31.6. The number of allylic oxidation sites excluding steroid dienone is 6. The van der Waals surface area contributed by atoms with Crippen molar-refractivity contribution < 1.29 is 0 Å². The van der Waals surface area contributed by atoms with Gasteiger partial charge in [-0.2, -0.15) is 0 Å². The first-order valence-electron chi connectivity index (χ1n) is 12.8. The molecule has 0 aliphatic rings. The van der Waals surface area contributed by atoms with E-state index in [9.17, 15) is 0 Å². The predicted octanol–water partition coefficient (Wildman–Crippen LogP) is 9.98. The third-order valence-corrected chi connectivity index (χ3v) is 5.07. The monoisotopic (exact) mass is 452 g/mol. The molecule has 0 bridgehead atoms. The number of benzene rings is 3. The molecule has 0 radical (unpaired) electrons. The van der Waals surface area contributed by atoms with E-state index in [0.29, 0.717) is 0 Å². The molecule has 0 amide bonds. The standard InChI is InChI=1S/2C12H16.C10H12/c2*1-2-3-4-6-9-12-10-7-5-8-11-12;1-2-3-7-10-8-5-4-6-9-10/h2*4-8,10-11H,2-3,9H2,1H3;2-6,8-9H,7H2,1H3/b2*6-4+;3-2+. The molecule has 3 aromatic carbocycles. The fraction of sp³-hybridized carbons (Fsp3) is 0.294. The van der Waals surface area contributed by atoms with Crippen LogP contribution in [-0.2, 0) is 19.3 Å². The Kier molecular flexibility index (Phi) is 18.5. The van der Waals surface area contributed by atoms with Crippen molar-refractivity contribution in [2.75, 3.05) is 0 Å². The summed E-state index contributed by atoms with van der Waals surface area (Å²) >= 11 is 0. The van der Waals surface area contributed by atoms with Crippen LogP contribution in [0.1, 0.15) is 63.1 Å². The van der Waals surface area contributed by atoms with Crippen LogP contribution in [0.2, 0.25) is 0 Å². The number of hydrogen-bond donors (Lipinski definition) is 0. The van der Waals surface area contributed by atoms with E-state index in [1.165, 1.54) is 42.4 Å². The van der Waals surface area contributed by atoms with Crippen molar-refractivity contribution in [3.63, 3.8) is 0 Å². The van der Waals surface area contributed by atoms with Crippen LogP contribution in [0.3, 0.4) is 0 Å². The molecule has 34 heavy (non-hydrogen) atoms. The summed E-state index contributed by atoms with van der Waals surface area (Å²) in [5, 5.41) is 0. The van der Waals surface area contributed by atoms with Crippen molar-refractivity contribution in [2.24, 2.45) is 0 Å². The fourth-order valence-electron chi connectivity index (χ4n) is 3.10. The van der Waals surface area contributed by atoms with Crippen molar-refractivity contribution in [1.82, 2.24) is 0 Å². The first-order valence-corrected chi connectivity index (χ1v) is 12.8. The molecule has 0 aliphatic heterocycles. The van der Waals surface area contributed by atoms with Gasteiger partial charge in [-0.15, -0.1) is 0 Å². The second kappa shape index (κ2) is 21.7. The second-order valence-corrected chi connectivity index (χ2v) is 8.16. The zero-order chi connectivity index (χ0) is 24.5. The first-order chi connectivity index (χ1) is 16.8. The summed E-state index contributed by atoms with van der Waals surface area (Å²) in [5.74, 6) is 0. The normalized spacial score (nSPS) is 10.7. The molecule has 0 spiro atoms. The molecule has 3 rings (SSSR count). The lowest BCUT2D eigenvalue weighted by Crippen LogP contribution is -1.77. The minimum absolute atomic E-state index is 1.05. The summed E-state index contributed by atoms with van der Waals surface area (Å²) in [6.45, 7) is 6.45. The molecule has 0 saturated heterocycles. The molecule has 0 aromatic heterocycles. The molecule has 0 aliphatic carbocycles. The Morgan fingerprint density at radius 3 is 1.06 bits per heavy atom. The maximum Gasteiger partial charge on any atom is -0.00975 e. The SMILES string of the molecule is C/C=C/Cc1ccccc1.CCC/C=C/Cc1ccccc1.CCC/C=C/Cc1ccccc1. The van der Waals surface area contributed by atoms with Crippen molar-refractivity contribution in [2.45, 2.75) is 65.7 Å². The molecule has 0 atom stereocenters. The van der Waals surface area contributed by atoms with Crippen LogP contribution in [0.4, 0.5) is 0 Å². The second-order valence-electron chi connectivity index (χ2n) is 8.16. The van der Waals surface area contributed by atoms with E-state index in [2.05, 4.69) is 135 Å². The van der Waals surface area contributed by atoms with Crippen LogP contribution in [-0.4, -0.2) is 0 Å². The van der Waals surface area contributed by atoms with Gasteiger partial charge in [0.25, 0.3) is 0 Å². The summed E-state index contributed by atoms with van der Waals surface area (Å²) in [4.78, 5) is 0. The fourth-order valence-corrected chi connectivity index (χ4v) is 3.10. The van der Waals surface area contributed by atoms with Gasteiger partial charge >= 0.3 is 0 Å². The van der Waals surface area contributed by atoms with Crippen LogP contribution >= 0.6 is 0 Å². The van der Waals surface area contributed by atoms with Gasteiger partial charge in [0.05, 0.1) is 0 Å². The molecule has 3 aromatic rings. The van der Waals surface area contributed by atoms with Crippen molar-refractivity contribution in [3.8, 4) is 0 Å². The predicted molar refractivity (Wildman–Crippen MR) is 153 cm³/mol. The number of hydrogen-bond acceptors (Lipinski definition) is 0. The van der Waals surface area contributed by atoms with Crippen LogP contribution < -0.4 is 0 Å². The zero-order valence-corrected chi connectivity index (χ0v) is 21.6. The lowest BCUT2D eigenvalue weighted by molar-refractivity contribution is 0.953. The Morgan fingerprint density at radius 2 is 0.765 bits per heavy atom. The highest BCUT2D eigenvalue weighted by Crippen LogP contribution is 2.02. The minimum Gasteiger partial charge on any atom is -0.0913 e. The van der Waals surface area contributed by atoms with E-state index in [1.54, 1.807) is 0 Å². The summed E-state index contributed by atoms with van der Waals surface area (Å²) < 4.78 is 0. The van der Waals surface area contributed by atoms with E-state index in [1.807, 2.05) is 13.0 Å². The van der Waals surface area contributed by atoms with E-state index in [-0.39, 0.29) is 0 Å². The van der Waals surface area contributed by atoms with E-state index >= 15 is 0 Å². The average Bonchev–Trinajstić information content (AvgIpc) is 2.91. The van der Waals surface area contributed by atoms with E-state index in [4.69, 9.17) is 0 Å². The Balaban J connectivity index is 0.000000256. The van der Waals surface area contributed by atoms with Gasteiger partial charge in [-0.05, 0) is 55.7 Å². The number of rotatable bonds is 10. The highest BCUT2D eigenvalue weighted by Gasteiger charge is 1.85. The molecule has 0 fully saturated rings. The first kappa shape index (κ1) is 28.9. The summed E-state index contributed by atoms with van der Waals surface area (Å²) in [7, 11) is 0. The van der Waals surface area contributed by atoms with Crippen LogP contribution in [0.25, 0.3) is 0 Å². The van der Waals surface area contributed by atoms with Gasteiger partial charge in [0, 0.05) is 0 Å². The minimum atomic E-state index is 1.05. The van der Waals surface area contributed by atoms with Crippen molar-refractivity contribution >= 4 is 0 Å². The molecular formula is C34H44. The third-order valence-electron chi connectivity index (χ3n) is 5.07. The molecule has 0 N–H and O–H groups in total. The zero-order valence-electron chi connectivity index (χ0n) is 21.6. The maximum atomic E-state index is 2.26. The van der Waals surface area contributed by atoms with Crippen molar-refractivity contribution in [3.05, 3.63) is 144 Å². The van der Waals surface area contributed by atoms with Crippen LogP contribution in [0.15, 0.2) is 127 Å². The highest BCUT2D eigenvalue weighted by atomic mass is 13.9. The smallest absolute Gasteiger partial charge is 0.00975 e. The topological polar surface area (TPSA) is 0 Å². The van der Waals surface area contributed by atoms with Gasteiger partial charge in [0.2, 0.25) is 0 Å². The molecule has 180 valence electrons. The highest BCUT2D eigenvalue weighted by molar-refractivity contribution is 5.18. The molecular weight excluding hydrogens is 408 g/mol. The maximum absolute atomic E-state index is 2.26. The molecule has 0 unspecified atom stereocenters. The molecule has 0 nitrogen and oxygen atoms in total. The third kappa shape index (κ3) is 16.5. The van der Waals surface area contributed by atoms with Gasteiger partial charge in [0.15, 0.2) is 0 Å². The Morgan fingerprint density at radius 1 is 0.441 bits per heavy atom. The molecule has 0 saturated carbocycles. The van der Waals surface area contributed by atoms with Crippen molar-refractivity contribution in [1.29, 1.82) is 0 Å². The molecule has 0 heterocycles. The summed E-state index contributed by atoms with van der Waals surface area (Å²) in [6.07, 6.45) is 21.3. The quantitative estimate of drug-likeness (QED) is 0.268. The molecule has 0 heteroatoms. The lowest BCUT2D eigenvalue weighted by atomic mass is 10.1. The Hall–Kier alpha value is -3.12. The van der Waals surface area contributed by atoms with E-state index < -0.39 is 0 Å². The number of unbranched alkanes of at least 4 members (excludes halogenated alkanes) is 2. The lowest BCUT2D eigenvalue weighted by Gasteiger charge is -1.93. The summed E-state index contributed by atoms with van der Waals surface area (Å²) in [5.41, 5.74) is 4.16. The van der Waals surface area contributed by atoms with Crippen LogP contribution in [0.5, 0.6) is 0 Å². The largest absolute Gasteiger partial charge is 0.0913 e. The Labute approximate surface area is 209 Å². The van der Waals surface area contributed by atoms with Gasteiger partial charge in [0.1, 0.15) is 0 Å². The van der Waals surface area contributed by atoms with Gasteiger partial charge in [-0.25, -0.2) is 0 Å². The van der Waals surface area contributed by atoms with Gasteiger partial charge < -0.3 is 0 Å². The van der Waals surface area contributed by atoms with Crippen LogP contribution in [0, 0.1) is 0 Å². The Bertz CT molecular complexity index is 833.